The summed E-state index contributed by atoms with van der Waals surface area (Å²) in [6.45, 7) is 4.37. The summed E-state index contributed by atoms with van der Waals surface area (Å²) in [5.41, 5.74) is 1.98. The summed E-state index contributed by atoms with van der Waals surface area (Å²) in [4.78, 5) is 13.3. The van der Waals surface area contributed by atoms with Gasteiger partial charge in [0.25, 0.3) is 0 Å². The van der Waals surface area contributed by atoms with Gasteiger partial charge in [0.15, 0.2) is 12.1 Å². The molecule has 0 bridgehead atoms. The quantitative estimate of drug-likeness (QED) is 0.339. The van der Waals surface area contributed by atoms with Crippen LogP contribution in [0.4, 0.5) is 0 Å². The predicted octanol–water partition coefficient (Wildman–Crippen LogP) is -0.895. The van der Waals surface area contributed by atoms with Crippen molar-refractivity contribution in [3.8, 4) is 5.75 Å². The molecule has 30 heavy (non-hydrogen) atoms. The van der Waals surface area contributed by atoms with Crippen LogP contribution in [0.15, 0.2) is 0 Å². The van der Waals surface area contributed by atoms with E-state index in [0.717, 1.165) is 11.1 Å². The number of aliphatic hydroxyl groups excluding tert-OH is 5. The van der Waals surface area contributed by atoms with Gasteiger partial charge in [-0.25, -0.2) is 0 Å². The Bertz CT molecular complexity index is 821. The number of benzene rings is 1. The van der Waals surface area contributed by atoms with E-state index < -0.39 is 42.7 Å². The first kappa shape index (κ1) is 23.1. The van der Waals surface area contributed by atoms with Crippen LogP contribution in [0, 0.1) is 19.3 Å². The van der Waals surface area contributed by atoms with Gasteiger partial charge in [-0.1, -0.05) is 0 Å². The third-order valence-corrected chi connectivity index (χ3v) is 6.34. The number of Topliss-reactive ketones (excluding diaryl/α,β-unsaturated/α-hetero) is 1. The van der Waals surface area contributed by atoms with Crippen LogP contribution in [0.5, 0.6) is 5.75 Å². The van der Waals surface area contributed by atoms with Gasteiger partial charge < -0.3 is 40.1 Å². The monoisotopic (exact) mass is 426 g/mol. The molecule has 1 heterocycles. The second-order valence-corrected chi connectivity index (χ2v) is 8.48. The molecule has 1 aliphatic heterocycles. The smallest absolute Gasteiger partial charge is 0.186 e. The molecule has 6 N–H and O–H groups in total. The van der Waals surface area contributed by atoms with E-state index >= 15 is 0 Å². The molecule has 168 valence electrons. The van der Waals surface area contributed by atoms with E-state index in [4.69, 9.17) is 9.47 Å². The van der Waals surface area contributed by atoms with Gasteiger partial charge in [0.2, 0.25) is 0 Å². The molecule has 0 aromatic heterocycles. The van der Waals surface area contributed by atoms with Gasteiger partial charge >= 0.3 is 0 Å². The number of carbonyl (C=O) groups is 1. The van der Waals surface area contributed by atoms with Crippen LogP contribution in [0.25, 0.3) is 0 Å². The molecule has 2 aliphatic rings. The van der Waals surface area contributed by atoms with Crippen LogP contribution in [0.2, 0.25) is 0 Å². The van der Waals surface area contributed by atoms with Crippen LogP contribution >= 0.6 is 0 Å². The summed E-state index contributed by atoms with van der Waals surface area (Å²) in [7, 11) is 0. The SMILES string of the molecule is Cc1c(O)c2c(c(C)c1CCO)C(=O)[C@](C)(CO[C@@H]1O[C@H](CO)[C@@H](O)[C@H](O)[C@H]1O)C2. The highest BCUT2D eigenvalue weighted by Gasteiger charge is 2.48. The minimum Gasteiger partial charge on any atom is -0.507 e. The lowest BCUT2D eigenvalue weighted by Crippen LogP contribution is -2.59. The molecule has 0 radical (unpaired) electrons. The number of phenols is 1. The molecule has 1 saturated heterocycles. The van der Waals surface area contributed by atoms with Gasteiger partial charge in [0.05, 0.1) is 18.6 Å². The number of hydrogen-bond acceptors (Lipinski definition) is 9. The third-order valence-electron chi connectivity index (χ3n) is 6.34. The molecule has 3 rings (SSSR count). The molecule has 0 amide bonds. The number of aliphatic hydroxyl groups is 5. The van der Waals surface area contributed by atoms with E-state index in [0.29, 0.717) is 23.1 Å². The first-order valence-corrected chi connectivity index (χ1v) is 9.99. The van der Waals surface area contributed by atoms with Crippen LogP contribution in [-0.4, -0.2) is 86.9 Å². The van der Waals surface area contributed by atoms with Crippen molar-refractivity contribution in [3.05, 3.63) is 27.8 Å². The number of hydrogen-bond donors (Lipinski definition) is 6. The summed E-state index contributed by atoms with van der Waals surface area (Å²) in [5, 5.41) is 59.2. The fourth-order valence-electron chi connectivity index (χ4n) is 4.47. The molecule has 1 aliphatic carbocycles. The fraction of sp³-hybridized carbons (Fsp3) is 0.667. The largest absolute Gasteiger partial charge is 0.507 e. The maximum Gasteiger partial charge on any atom is 0.186 e. The molecule has 1 aromatic carbocycles. The first-order chi connectivity index (χ1) is 14.1. The Kier molecular flexibility index (Phi) is 6.54. The van der Waals surface area contributed by atoms with Crippen LogP contribution < -0.4 is 0 Å². The van der Waals surface area contributed by atoms with Crippen molar-refractivity contribution in [3.63, 3.8) is 0 Å². The highest BCUT2D eigenvalue weighted by molar-refractivity contribution is 6.07. The average Bonchev–Trinajstić information content (AvgIpc) is 2.99. The molecule has 0 spiro atoms. The Morgan fingerprint density at radius 3 is 2.37 bits per heavy atom. The number of phenolic OH excluding ortho intramolecular Hbond substituents is 1. The molecule has 0 unspecified atom stereocenters. The summed E-state index contributed by atoms with van der Waals surface area (Å²) in [6, 6.07) is 0. The first-order valence-electron chi connectivity index (χ1n) is 9.99. The maximum atomic E-state index is 13.3. The van der Waals surface area contributed by atoms with Crippen molar-refractivity contribution in [1.82, 2.24) is 0 Å². The van der Waals surface area contributed by atoms with Crippen molar-refractivity contribution < 1.29 is 44.9 Å². The van der Waals surface area contributed by atoms with E-state index in [1.807, 2.05) is 0 Å². The van der Waals surface area contributed by atoms with E-state index in [-0.39, 0.29) is 31.2 Å². The zero-order valence-electron chi connectivity index (χ0n) is 17.3. The van der Waals surface area contributed by atoms with E-state index in [1.54, 1.807) is 20.8 Å². The molecular formula is C21H30O9. The molecule has 6 atom stereocenters. The zero-order chi connectivity index (χ0) is 22.4. The lowest BCUT2D eigenvalue weighted by molar-refractivity contribution is -0.304. The standard InChI is InChI=1S/C21H30O9/c1-9-11(4-5-22)10(2)15(24)12-6-21(3,19(28)14(9)12)8-29-20-18(27)17(26)16(25)13(7-23)30-20/h13,16-18,20,22-27H,4-8H2,1-3H3/t13-,16-,17+,18-,20-,21+/m1/s1. The van der Waals surface area contributed by atoms with Gasteiger partial charge in [-0.3, -0.25) is 4.79 Å². The fourth-order valence-corrected chi connectivity index (χ4v) is 4.47. The number of aromatic hydroxyl groups is 1. The van der Waals surface area contributed by atoms with Crippen molar-refractivity contribution >= 4 is 5.78 Å². The summed E-state index contributed by atoms with van der Waals surface area (Å²) >= 11 is 0. The lowest BCUT2D eigenvalue weighted by Gasteiger charge is -2.40. The Morgan fingerprint density at radius 1 is 1.10 bits per heavy atom. The Balaban J connectivity index is 1.83. The Labute approximate surface area is 174 Å². The molecule has 1 fully saturated rings. The summed E-state index contributed by atoms with van der Waals surface area (Å²) in [5.74, 6) is -0.196. The summed E-state index contributed by atoms with van der Waals surface area (Å²) in [6.07, 6.45) is -6.53. The normalized spacial score (nSPS) is 33.7. The molecule has 1 aromatic rings. The number of ketones is 1. The van der Waals surface area contributed by atoms with Gasteiger partial charge in [-0.05, 0) is 50.3 Å². The molecular weight excluding hydrogens is 396 g/mol. The van der Waals surface area contributed by atoms with Crippen LogP contribution in [-0.2, 0) is 22.3 Å². The predicted molar refractivity (Wildman–Crippen MR) is 104 cm³/mol. The van der Waals surface area contributed by atoms with E-state index in [1.165, 1.54) is 0 Å². The van der Waals surface area contributed by atoms with Crippen LogP contribution in [0.3, 0.4) is 0 Å². The number of carbonyl (C=O) groups excluding carboxylic acids is 1. The molecule has 9 nitrogen and oxygen atoms in total. The highest BCUT2D eigenvalue weighted by atomic mass is 16.7. The van der Waals surface area contributed by atoms with Crippen molar-refractivity contribution in [2.75, 3.05) is 19.8 Å². The lowest BCUT2D eigenvalue weighted by atomic mass is 9.86. The van der Waals surface area contributed by atoms with Gasteiger partial charge in [-0.2, -0.15) is 0 Å². The van der Waals surface area contributed by atoms with E-state index in [9.17, 15) is 35.4 Å². The second-order valence-electron chi connectivity index (χ2n) is 8.48. The molecule has 9 heteroatoms. The van der Waals surface area contributed by atoms with Crippen molar-refractivity contribution in [1.29, 1.82) is 0 Å². The van der Waals surface area contributed by atoms with Gasteiger partial charge in [0, 0.05) is 17.7 Å². The molecule has 0 saturated carbocycles. The average molecular weight is 426 g/mol. The minimum absolute atomic E-state index is 0.0314. The summed E-state index contributed by atoms with van der Waals surface area (Å²) < 4.78 is 11.0. The Hall–Kier alpha value is -1.59. The minimum atomic E-state index is -1.57. The number of rotatable bonds is 6. The van der Waals surface area contributed by atoms with E-state index in [2.05, 4.69) is 0 Å². The zero-order valence-corrected chi connectivity index (χ0v) is 17.3. The number of ether oxygens (including phenoxy) is 2. The van der Waals surface area contributed by atoms with Crippen molar-refractivity contribution in [2.45, 2.75) is 64.3 Å². The Morgan fingerprint density at radius 2 is 1.77 bits per heavy atom. The van der Waals surface area contributed by atoms with Gasteiger partial charge in [-0.15, -0.1) is 0 Å². The van der Waals surface area contributed by atoms with Crippen molar-refractivity contribution in [2.24, 2.45) is 5.41 Å². The number of fused-ring (bicyclic) bond motifs is 1. The van der Waals surface area contributed by atoms with Crippen LogP contribution in [0.1, 0.15) is 39.5 Å². The highest BCUT2D eigenvalue weighted by Crippen LogP contribution is 2.45. The second kappa shape index (κ2) is 8.51. The maximum absolute atomic E-state index is 13.3. The van der Waals surface area contributed by atoms with Gasteiger partial charge in [0.1, 0.15) is 30.2 Å². The topological polar surface area (TPSA) is 157 Å². The third kappa shape index (κ3) is 3.64.